The Bertz CT molecular complexity index is 3030. The molecule has 3 aromatic heterocycles. The molecule has 0 aliphatic carbocycles. The van der Waals surface area contributed by atoms with Crippen LogP contribution in [-0.2, 0) is 0 Å². The van der Waals surface area contributed by atoms with Gasteiger partial charge in [-0.1, -0.05) is 127 Å². The Balaban J connectivity index is 1.06. The van der Waals surface area contributed by atoms with Crippen LogP contribution in [0.2, 0.25) is 0 Å². The second-order valence-electron chi connectivity index (χ2n) is 13.1. The molecule has 1 aliphatic heterocycles. The Labute approximate surface area is 296 Å². The predicted octanol–water partition coefficient (Wildman–Crippen LogP) is 13.0. The quantitative estimate of drug-likeness (QED) is 0.202. The van der Waals surface area contributed by atoms with E-state index >= 15 is 0 Å². The number of nitrogens with one attached hydrogen (secondary N) is 1. The standard InChI is InChI=1S/C46H28N2O2S/c1-4-22-38-33(15-1)35-20-9-18-31(43(35)49-38)27-11-7-13-29(25-27)41-45-42(37-17-3-6-24-40(37)51-45)48-46(47-41)30-14-8-12-28(26-30)32-19-10-21-36-34-16-2-5-23-39(34)50-44(32)36/h1-26,46,48H. The van der Waals surface area contributed by atoms with Gasteiger partial charge in [0, 0.05) is 48.3 Å². The van der Waals surface area contributed by atoms with Crippen LogP contribution in [0.3, 0.4) is 0 Å². The van der Waals surface area contributed by atoms with Gasteiger partial charge in [0.1, 0.15) is 28.5 Å². The van der Waals surface area contributed by atoms with Crippen LogP contribution in [0.25, 0.3) is 76.2 Å². The summed E-state index contributed by atoms with van der Waals surface area (Å²) in [6, 6.07) is 55.3. The first-order valence-electron chi connectivity index (χ1n) is 17.1. The summed E-state index contributed by atoms with van der Waals surface area (Å²) in [5, 5.41) is 9.56. The summed E-state index contributed by atoms with van der Waals surface area (Å²) in [7, 11) is 0. The first-order valence-corrected chi connectivity index (χ1v) is 18.0. The molecular formula is C46H28N2O2S. The van der Waals surface area contributed by atoms with Gasteiger partial charge < -0.3 is 14.2 Å². The zero-order valence-electron chi connectivity index (χ0n) is 27.3. The fourth-order valence-electron chi connectivity index (χ4n) is 7.74. The second-order valence-corrected chi connectivity index (χ2v) is 14.1. The van der Waals surface area contributed by atoms with Crippen LogP contribution in [0.1, 0.15) is 22.2 Å². The molecule has 0 radical (unpaired) electrons. The van der Waals surface area contributed by atoms with Crippen molar-refractivity contribution in [1.29, 1.82) is 0 Å². The monoisotopic (exact) mass is 672 g/mol. The van der Waals surface area contributed by atoms with Gasteiger partial charge in [0.25, 0.3) is 0 Å². The summed E-state index contributed by atoms with van der Waals surface area (Å²) in [5.41, 5.74) is 12.2. The number of aliphatic imine (C=N–C) groups is 1. The average molecular weight is 673 g/mol. The molecule has 51 heavy (non-hydrogen) atoms. The zero-order chi connectivity index (χ0) is 33.5. The molecule has 5 heteroatoms. The summed E-state index contributed by atoms with van der Waals surface area (Å²) >= 11 is 1.79. The Kier molecular flexibility index (Phi) is 6.15. The Morgan fingerprint density at radius 1 is 0.490 bits per heavy atom. The van der Waals surface area contributed by atoms with Crippen LogP contribution >= 0.6 is 11.3 Å². The fraction of sp³-hybridized carbons (Fsp3) is 0.0217. The normalized spacial score (nSPS) is 14.4. The molecule has 4 heterocycles. The highest BCUT2D eigenvalue weighted by atomic mass is 32.1. The van der Waals surface area contributed by atoms with Crippen molar-refractivity contribution in [3.63, 3.8) is 0 Å². The Hall–Kier alpha value is -6.43. The van der Waals surface area contributed by atoms with Crippen LogP contribution < -0.4 is 5.32 Å². The van der Waals surface area contributed by atoms with Crippen molar-refractivity contribution in [2.24, 2.45) is 4.99 Å². The topological polar surface area (TPSA) is 50.7 Å². The molecule has 1 atom stereocenters. The van der Waals surface area contributed by atoms with Crippen molar-refractivity contribution in [3.05, 3.63) is 174 Å². The highest BCUT2D eigenvalue weighted by Crippen LogP contribution is 2.44. The van der Waals surface area contributed by atoms with E-state index in [9.17, 15) is 0 Å². The van der Waals surface area contributed by atoms with Crippen molar-refractivity contribution >= 4 is 76.7 Å². The van der Waals surface area contributed by atoms with Gasteiger partial charge >= 0.3 is 0 Å². The van der Waals surface area contributed by atoms with Gasteiger partial charge in [-0.2, -0.15) is 0 Å². The number of hydrogen-bond acceptors (Lipinski definition) is 5. The molecule has 7 aromatic carbocycles. The van der Waals surface area contributed by atoms with E-state index < -0.39 is 0 Å². The lowest BCUT2D eigenvalue weighted by Crippen LogP contribution is -2.19. The smallest absolute Gasteiger partial charge is 0.145 e. The van der Waals surface area contributed by atoms with E-state index in [1.54, 1.807) is 11.3 Å². The third kappa shape index (κ3) is 4.42. The summed E-state index contributed by atoms with van der Waals surface area (Å²) in [6.07, 6.45) is -0.289. The number of thiophene rings is 1. The number of furan rings is 2. The van der Waals surface area contributed by atoms with E-state index in [-0.39, 0.29) is 6.17 Å². The fourth-order valence-corrected chi connectivity index (χ4v) is 8.92. The molecule has 10 aromatic rings. The molecule has 1 aliphatic rings. The van der Waals surface area contributed by atoms with Gasteiger partial charge in [-0.3, -0.25) is 4.99 Å². The minimum atomic E-state index is -0.289. The number of fused-ring (bicyclic) bond motifs is 9. The van der Waals surface area contributed by atoms with Crippen LogP contribution in [0.4, 0.5) is 5.69 Å². The maximum absolute atomic E-state index is 6.44. The first-order chi connectivity index (χ1) is 25.3. The minimum Gasteiger partial charge on any atom is -0.455 e. The third-order valence-electron chi connectivity index (χ3n) is 10.1. The largest absolute Gasteiger partial charge is 0.455 e. The van der Waals surface area contributed by atoms with Gasteiger partial charge in [0.2, 0.25) is 0 Å². The molecule has 0 saturated carbocycles. The van der Waals surface area contributed by atoms with Crippen molar-refractivity contribution in [2.45, 2.75) is 6.17 Å². The Morgan fingerprint density at radius 2 is 1.04 bits per heavy atom. The molecule has 0 bridgehead atoms. The number of benzene rings is 7. The molecule has 0 saturated heterocycles. The second kappa shape index (κ2) is 11.0. The molecule has 240 valence electrons. The lowest BCUT2D eigenvalue weighted by atomic mass is 9.96. The zero-order valence-corrected chi connectivity index (χ0v) is 28.1. The van der Waals surface area contributed by atoms with Crippen molar-refractivity contribution in [2.75, 3.05) is 5.32 Å². The highest BCUT2D eigenvalue weighted by Gasteiger charge is 2.27. The number of nitrogens with zero attached hydrogens (tertiary/aromatic N) is 1. The predicted molar refractivity (Wildman–Crippen MR) is 212 cm³/mol. The molecule has 4 nitrogen and oxygen atoms in total. The maximum Gasteiger partial charge on any atom is 0.145 e. The van der Waals surface area contributed by atoms with Crippen LogP contribution in [0, 0.1) is 0 Å². The van der Waals surface area contributed by atoms with Gasteiger partial charge in [-0.25, -0.2) is 0 Å². The van der Waals surface area contributed by atoms with Gasteiger partial charge in [0.05, 0.1) is 16.3 Å². The minimum absolute atomic E-state index is 0.289. The average Bonchev–Trinajstić information content (AvgIpc) is 3.89. The molecular weight excluding hydrogens is 645 g/mol. The maximum atomic E-state index is 6.44. The summed E-state index contributed by atoms with van der Waals surface area (Å²) in [6.45, 7) is 0. The lowest BCUT2D eigenvalue weighted by Gasteiger charge is -2.25. The number of rotatable bonds is 4. The van der Waals surface area contributed by atoms with Gasteiger partial charge in [-0.05, 0) is 47.0 Å². The number of para-hydroxylation sites is 4. The SMILES string of the molecule is c1cc(C2=NC(c3cccc(-c4cccc5c4oc4ccccc45)c3)Nc3c2sc2ccccc32)cc(-c2cccc3c2oc2ccccc23)c1. The third-order valence-corrected chi connectivity index (χ3v) is 11.3. The molecule has 1 N–H and O–H groups in total. The van der Waals surface area contributed by atoms with Crippen molar-refractivity contribution < 1.29 is 8.83 Å². The van der Waals surface area contributed by atoms with Crippen LogP contribution in [0.5, 0.6) is 0 Å². The van der Waals surface area contributed by atoms with Gasteiger partial charge in [-0.15, -0.1) is 11.3 Å². The number of anilines is 1. The van der Waals surface area contributed by atoms with E-state index in [1.165, 1.54) is 10.1 Å². The molecule has 1 unspecified atom stereocenters. The van der Waals surface area contributed by atoms with Crippen LogP contribution in [0.15, 0.2) is 172 Å². The van der Waals surface area contributed by atoms with E-state index in [0.717, 1.165) is 93.5 Å². The van der Waals surface area contributed by atoms with E-state index in [4.69, 9.17) is 13.8 Å². The molecule has 0 amide bonds. The molecule has 0 fully saturated rings. The Morgan fingerprint density at radius 3 is 1.75 bits per heavy atom. The lowest BCUT2D eigenvalue weighted by molar-refractivity contribution is 0.669. The summed E-state index contributed by atoms with van der Waals surface area (Å²) < 4.78 is 14.1. The molecule has 11 rings (SSSR count). The van der Waals surface area contributed by atoms with E-state index in [0.29, 0.717) is 0 Å². The number of hydrogen-bond donors (Lipinski definition) is 1. The van der Waals surface area contributed by atoms with E-state index in [1.807, 2.05) is 24.3 Å². The summed E-state index contributed by atoms with van der Waals surface area (Å²) in [5.74, 6) is 0. The summed E-state index contributed by atoms with van der Waals surface area (Å²) in [4.78, 5) is 6.64. The van der Waals surface area contributed by atoms with E-state index in [2.05, 4.69) is 139 Å². The first kappa shape index (κ1) is 28.4. The van der Waals surface area contributed by atoms with Crippen molar-refractivity contribution in [1.82, 2.24) is 0 Å². The molecule has 0 spiro atoms. The van der Waals surface area contributed by atoms with Gasteiger partial charge in [0.15, 0.2) is 0 Å². The highest BCUT2D eigenvalue weighted by molar-refractivity contribution is 7.22. The van der Waals surface area contributed by atoms with Crippen LogP contribution in [-0.4, -0.2) is 5.71 Å². The van der Waals surface area contributed by atoms with Crippen molar-refractivity contribution in [3.8, 4) is 22.3 Å².